The summed E-state index contributed by atoms with van der Waals surface area (Å²) >= 11 is 0. The average molecular weight is 338 g/mol. The maximum absolute atomic E-state index is 13.1. The fourth-order valence-corrected chi connectivity index (χ4v) is 2.78. The molecule has 1 aromatic carbocycles. The first-order valence-electron chi connectivity index (χ1n) is 6.62. The zero-order chi connectivity index (χ0) is 17.4. The molecule has 0 aromatic heterocycles. The largest absolute Gasteiger partial charge is 0.417 e. The highest BCUT2D eigenvalue weighted by Crippen LogP contribution is 2.41. The average Bonchev–Trinajstić information content (AvgIpc) is 2.90. The van der Waals surface area contributed by atoms with Crippen molar-refractivity contribution >= 4 is 0 Å². The zero-order valence-corrected chi connectivity index (χ0v) is 11.5. The number of aliphatic hydroxyl groups excluding tert-OH is 1. The Hall–Kier alpha value is -1.79. The van der Waals surface area contributed by atoms with Gasteiger partial charge in [-0.1, -0.05) is 6.07 Å². The number of alkyl halides is 6. The summed E-state index contributed by atoms with van der Waals surface area (Å²) in [6.45, 7) is -0.550. The van der Waals surface area contributed by atoms with Gasteiger partial charge >= 0.3 is 12.4 Å². The van der Waals surface area contributed by atoms with E-state index >= 15 is 0 Å². The first-order chi connectivity index (χ1) is 10.6. The van der Waals surface area contributed by atoms with Crippen molar-refractivity contribution in [1.29, 1.82) is 5.26 Å². The molecule has 0 radical (unpaired) electrons. The molecule has 1 fully saturated rings. The maximum Gasteiger partial charge on any atom is 0.417 e. The molecule has 0 aliphatic carbocycles. The van der Waals surface area contributed by atoms with Crippen molar-refractivity contribution in [2.75, 3.05) is 6.61 Å². The van der Waals surface area contributed by atoms with E-state index in [1.165, 1.54) is 6.07 Å². The Morgan fingerprint density at radius 3 is 2.35 bits per heavy atom. The minimum Gasteiger partial charge on any atom is -0.395 e. The zero-order valence-electron chi connectivity index (χ0n) is 11.5. The first-order valence-corrected chi connectivity index (χ1v) is 6.62. The van der Waals surface area contributed by atoms with E-state index in [4.69, 9.17) is 10.4 Å². The van der Waals surface area contributed by atoms with Crippen LogP contribution in [-0.2, 0) is 6.18 Å². The Labute approximate surface area is 127 Å². The van der Waals surface area contributed by atoms with Crippen LogP contribution in [0, 0.1) is 11.3 Å². The predicted octanol–water partition coefficient (Wildman–Crippen LogP) is 2.95. The topological polar surface area (TPSA) is 56.0 Å². The summed E-state index contributed by atoms with van der Waals surface area (Å²) in [7, 11) is 0. The second-order valence-electron chi connectivity index (χ2n) is 5.32. The van der Waals surface area contributed by atoms with Gasteiger partial charge in [0.25, 0.3) is 0 Å². The van der Waals surface area contributed by atoms with E-state index in [2.05, 4.69) is 5.32 Å². The molecule has 0 bridgehead atoms. The normalized spacial score (nSPS) is 25.4. The molecule has 1 aliphatic rings. The second-order valence-corrected chi connectivity index (χ2v) is 5.32. The lowest BCUT2D eigenvalue weighted by molar-refractivity contribution is -0.156. The van der Waals surface area contributed by atoms with E-state index in [1.54, 1.807) is 0 Å². The monoisotopic (exact) mass is 338 g/mol. The molecule has 2 rings (SSSR count). The van der Waals surface area contributed by atoms with Crippen molar-refractivity contribution < 1.29 is 31.4 Å². The van der Waals surface area contributed by atoms with Crippen molar-refractivity contribution in [3.63, 3.8) is 0 Å². The molecular weight excluding hydrogens is 326 g/mol. The Balaban J connectivity index is 2.46. The third kappa shape index (κ3) is 3.59. The number of aliphatic hydroxyl groups is 1. The summed E-state index contributed by atoms with van der Waals surface area (Å²) in [6, 6.07) is 1.04. The summed E-state index contributed by atoms with van der Waals surface area (Å²) in [5.74, 6) is -1.26. The molecule has 9 heteroatoms. The van der Waals surface area contributed by atoms with Crippen molar-refractivity contribution in [3.05, 3.63) is 34.9 Å². The SMILES string of the molecule is N#Cc1ccc(C2C[C@@H](CO)N[C@H]2C(F)(F)F)cc1C(F)(F)F. The van der Waals surface area contributed by atoms with Crippen LogP contribution in [0.25, 0.3) is 0 Å². The third-order valence-electron chi connectivity index (χ3n) is 3.83. The Kier molecular flexibility index (Phi) is 4.59. The highest BCUT2D eigenvalue weighted by Gasteiger charge is 2.50. The quantitative estimate of drug-likeness (QED) is 0.815. The molecule has 2 N–H and O–H groups in total. The first kappa shape index (κ1) is 17.6. The van der Waals surface area contributed by atoms with E-state index in [0.29, 0.717) is 6.07 Å². The van der Waals surface area contributed by atoms with E-state index in [0.717, 1.165) is 12.1 Å². The number of nitriles is 1. The lowest BCUT2D eigenvalue weighted by Gasteiger charge is -2.23. The maximum atomic E-state index is 13.1. The molecule has 0 saturated carbocycles. The fourth-order valence-electron chi connectivity index (χ4n) is 2.78. The van der Waals surface area contributed by atoms with Gasteiger partial charge in [0, 0.05) is 12.0 Å². The van der Waals surface area contributed by atoms with E-state index in [1.807, 2.05) is 0 Å². The number of nitrogens with zero attached hydrogens (tertiary/aromatic N) is 1. The van der Waals surface area contributed by atoms with E-state index in [9.17, 15) is 26.3 Å². The number of hydrogen-bond donors (Lipinski definition) is 2. The van der Waals surface area contributed by atoms with Gasteiger partial charge in [-0.2, -0.15) is 31.6 Å². The van der Waals surface area contributed by atoms with Crippen LogP contribution in [0.1, 0.15) is 29.0 Å². The Morgan fingerprint density at radius 2 is 1.87 bits per heavy atom. The van der Waals surface area contributed by atoms with Crippen LogP contribution in [-0.4, -0.2) is 30.0 Å². The standard InChI is InChI=1S/C14H12F6N2O/c15-13(16,17)11-3-7(1-2-8(11)5-21)10-4-9(6-23)22-12(10)14(18,19)20/h1-3,9-10,12,22-23H,4,6H2/t9-,10?,12+/m0/s1. The van der Waals surface area contributed by atoms with Crippen LogP contribution in [0.5, 0.6) is 0 Å². The van der Waals surface area contributed by atoms with Crippen LogP contribution in [0.3, 0.4) is 0 Å². The minimum absolute atomic E-state index is 0.149. The molecule has 3 nitrogen and oxygen atoms in total. The van der Waals surface area contributed by atoms with E-state index in [-0.39, 0.29) is 12.0 Å². The van der Waals surface area contributed by atoms with Crippen molar-refractivity contribution in [1.82, 2.24) is 5.32 Å². The summed E-state index contributed by atoms with van der Waals surface area (Å²) in [6.07, 6.45) is -9.65. The molecule has 23 heavy (non-hydrogen) atoms. The molecule has 0 spiro atoms. The fraction of sp³-hybridized carbons (Fsp3) is 0.500. The van der Waals surface area contributed by atoms with E-state index < -0.39 is 48.1 Å². The van der Waals surface area contributed by atoms with Crippen LogP contribution in [0.15, 0.2) is 18.2 Å². The molecule has 126 valence electrons. The predicted molar refractivity (Wildman–Crippen MR) is 67.4 cm³/mol. The van der Waals surface area contributed by atoms with Crippen molar-refractivity contribution in [3.8, 4) is 6.07 Å². The molecule has 1 saturated heterocycles. The highest BCUT2D eigenvalue weighted by molar-refractivity contribution is 5.43. The van der Waals surface area contributed by atoms with Gasteiger partial charge in [0.1, 0.15) is 6.04 Å². The molecule has 1 unspecified atom stereocenters. The molecule has 1 aliphatic heterocycles. The summed E-state index contributed by atoms with van der Waals surface area (Å²) in [5.41, 5.74) is -2.07. The van der Waals surface area contributed by atoms with Gasteiger partial charge in [-0.05, 0) is 24.1 Å². The van der Waals surface area contributed by atoms with Crippen molar-refractivity contribution in [2.24, 2.45) is 0 Å². The summed E-state index contributed by atoms with van der Waals surface area (Å²) in [5, 5.41) is 19.9. The number of benzene rings is 1. The summed E-state index contributed by atoms with van der Waals surface area (Å²) in [4.78, 5) is 0. The van der Waals surface area contributed by atoms with Crippen molar-refractivity contribution in [2.45, 2.75) is 36.8 Å². The van der Waals surface area contributed by atoms with Gasteiger partial charge in [-0.3, -0.25) is 0 Å². The van der Waals surface area contributed by atoms with Crippen LogP contribution in [0.2, 0.25) is 0 Å². The number of hydrogen-bond acceptors (Lipinski definition) is 3. The van der Waals surface area contributed by atoms with Gasteiger partial charge in [-0.15, -0.1) is 0 Å². The molecule has 1 aromatic rings. The van der Waals surface area contributed by atoms with Crippen LogP contribution >= 0.6 is 0 Å². The van der Waals surface area contributed by atoms with Gasteiger partial charge in [0.2, 0.25) is 0 Å². The smallest absolute Gasteiger partial charge is 0.395 e. The Morgan fingerprint density at radius 1 is 1.22 bits per heavy atom. The van der Waals surface area contributed by atoms with Gasteiger partial charge < -0.3 is 10.4 Å². The van der Waals surface area contributed by atoms with Gasteiger partial charge in [-0.25, -0.2) is 0 Å². The Bertz CT molecular complexity index is 619. The molecule has 0 amide bonds. The lowest BCUT2D eigenvalue weighted by atomic mass is 9.88. The third-order valence-corrected chi connectivity index (χ3v) is 3.83. The highest BCUT2D eigenvalue weighted by atomic mass is 19.4. The summed E-state index contributed by atoms with van der Waals surface area (Å²) < 4.78 is 78.0. The van der Waals surface area contributed by atoms with Gasteiger partial charge in [0.15, 0.2) is 0 Å². The number of halogens is 6. The lowest BCUT2D eigenvalue weighted by Crippen LogP contribution is -2.43. The van der Waals surface area contributed by atoms with Gasteiger partial charge in [0.05, 0.1) is 23.8 Å². The second kappa shape index (κ2) is 6.02. The molecule has 1 heterocycles. The van der Waals surface area contributed by atoms with Crippen LogP contribution in [0.4, 0.5) is 26.3 Å². The number of rotatable bonds is 2. The molecular formula is C14H12F6N2O. The molecule has 3 atom stereocenters. The number of nitrogens with one attached hydrogen (secondary N) is 1. The minimum atomic E-state index is -4.84. The van der Waals surface area contributed by atoms with Crippen LogP contribution < -0.4 is 5.32 Å².